The van der Waals surface area contributed by atoms with Gasteiger partial charge in [0.25, 0.3) is 0 Å². The van der Waals surface area contributed by atoms with Crippen LogP contribution in [0, 0.1) is 13.8 Å². The van der Waals surface area contributed by atoms with Crippen molar-refractivity contribution in [2.75, 3.05) is 18.6 Å². The summed E-state index contributed by atoms with van der Waals surface area (Å²) in [5.41, 5.74) is 3.92. The summed E-state index contributed by atoms with van der Waals surface area (Å²) in [4.78, 5) is 0. The third kappa shape index (κ3) is 5.63. The summed E-state index contributed by atoms with van der Waals surface area (Å²) in [6.45, 7) is 5.94. The van der Waals surface area contributed by atoms with Crippen LogP contribution in [0.25, 0.3) is 0 Å². The smallest absolute Gasteiger partial charge is 0.150 e. The summed E-state index contributed by atoms with van der Waals surface area (Å²) in [5, 5.41) is 3.31. The Morgan fingerprint density at radius 1 is 1.25 bits per heavy atom. The fourth-order valence-electron chi connectivity index (χ4n) is 2.33. The van der Waals surface area contributed by atoms with Crippen LogP contribution in [0.15, 0.2) is 18.2 Å². The Morgan fingerprint density at radius 2 is 1.95 bits per heavy atom. The molecule has 0 aromatic heterocycles. The lowest BCUT2D eigenvalue weighted by Gasteiger charge is -2.18. The second kappa shape index (κ2) is 7.79. The SMILES string of the molecule is CCS(=O)(=O)CCCC(Cc1cc(C)ccc1C)NC. The van der Waals surface area contributed by atoms with Gasteiger partial charge >= 0.3 is 0 Å². The molecule has 1 N–H and O–H groups in total. The van der Waals surface area contributed by atoms with Crippen LogP contribution in [0.1, 0.15) is 36.5 Å². The van der Waals surface area contributed by atoms with Gasteiger partial charge < -0.3 is 5.32 Å². The molecular weight excluding hydrogens is 270 g/mol. The van der Waals surface area contributed by atoms with E-state index in [4.69, 9.17) is 0 Å². The topological polar surface area (TPSA) is 46.2 Å². The number of rotatable bonds is 8. The Balaban J connectivity index is 2.57. The molecule has 0 saturated heterocycles. The zero-order chi connectivity index (χ0) is 15.2. The van der Waals surface area contributed by atoms with Crippen LogP contribution in [-0.2, 0) is 16.3 Å². The Hall–Kier alpha value is -0.870. The van der Waals surface area contributed by atoms with Gasteiger partial charge in [0.05, 0.1) is 5.75 Å². The molecule has 4 heteroatoms. The molecule has 0 radical (unpaired) electrons. The molecular formula is C16H27NO2S. The summed E-state index contributed by atoms with van der Waals surface area (Å²) in [6, 6.07) is 6.84. The van der Waals surface area contributed by atoms with E-state index in [0.717, 1.165) is 19.3 Å². The molecule has 0 amide bonds. The molecule has 1 atom stereocenters. The third-order valence-corrected chi connectivity index (χ3v) is 5.62. The van der Waals surface area contributed by atoms with Crippen molar-refractivity contribution in [1.29, 1.82) is 0 Å². The zero-order valence-electron chi connectivity index (χ0n) is 13.1. The lowest BCUT2D eigenvalue weighted by Crippen LogP contribution is -2.28. The average molecular weight is 297 g/mol. The van der Waals surface area contributed by atoms with Crippen LogP contribution in [0.4, 0.5) is 0 Å². The van der Waals surface area contributed by atoms with Gasteiger partial charge in [0.2, 0.25) is 0 Å². The van der Waals surface area contributed by atoms with E-state index in [1.54, 1.807) is 6.92 Å². The fourth-order valence-corrected chi connectivity index (χ4v) is 3.22. The van der Waals surface area contributed by atoms with Crippen molar-refractivity contribution in [3.05, 3.63) is 34.9 Å². The maximum absolute atomic E-state index is 11.5. The Bertz CT molecular complexity index is 523. The predicted octanol–water partition coefficient (Wildman–Crippen LogP) is 2.65. The standard InChI is InChI=1S/C16H27NO2S/c1-5-20(18,19)10-6-7-16(17-4)12-15-11-13(2)8-9-14(15)3/h8-9,11,16-17H,5-7,10,12H2,1-4H3. The number of nitrogens with one attached hydrogen (secondary N) is 1. The van der Waals surface area contributed by atoms with Crippen LogP contribution >= 0.6 is 0 Å². The van der Waals surface area contributed by atoms with Crippen LogP contribution in [-0.4, -0.2) is 33.0 Å². The van der Waals surface area contributed by atoms with Gasteiger partial charge in [-0.2, -0.15) is 0 Å². The molecule has 1 unspecified atom stereocenters. The van der Waals surface area contributed by atoms with E-state index in [2.05, 4.69) is 37.4 Å². The minimum Gasteiger partial charge on any atom is -0.317 e. The maximum atomic E-state index is 11.5. The van der Waals surface area contributed by atoms with Crippen molar-refractivity contribution in [2.24, 2.45) is 0 Å². The Kier molecular flexibility index (Phi) is 6.69. The molecule has 1 rings (SSSR count). The molecule has 0 heterocycles. The number of likely N-dealkylation sites (N-methyl/N-ethyl adjacent to an activating group) is 1. The normalized spacial score (nSPS) is 13.4. The highest BCUT2D eigenvalue weighted by Crippen LogP contribution is 2.15. The summed E-state index contributed by atoms with van der Waals surface area (Å²) >= 11 is 0. The van der Waals surface area contributed by atoms with Gasteiger partial charge in [0.15, 0.2) is 0 Å². The van der Waals surface area contributed by atoms with Gasteiger partial charge in [0.1, 0.15) is 9.84 Å². The minimum absolute atomic E-state index is 0.244. The van der Waals surface area contributed by atoms with Gasteiger partial charge in [0, 0.05) is 11.8 Å². The van der Waals surface area contributed by atoms with E-state index in [1.165, 1.54) is 16.7 Å². The third-order valence-electron chi connectivity index (χ3n) is 3.83. The molecule has 0 spiro atoms. The van der Waals surface area contributed by atoms with E-state index in [1.807, 2.05) is 7.05 Å². The van der Waals surface area contributed by atoms with E-state index < -0.39 is 9.84 Å². The van der Waals surface area contributed by atoms with E-state index in [0.29, 0.717) is 11.8 Å². The van der Waals surface area contributed by atoms with Crippen LogP contribution in [0.2, 0.25) is 0 Å². The first kappa shape index (κ1) is 17.2. The van der Waals surface area contributed by atoms with Crippen molar-refractivity contribution in [3.8, 4) is 0 Å². The van der Waals surface area contributed by atoms with Crippen LogP contribution < -0.4 is 5.32 Å². The largest absolute Gasteiger partial charge is 0.317 e. The molecule has 0 bridgehead atoms. The lowest BCUT2D eigenvalue weighted by molar-refractivity contribution is 0.510. The quantitative estimate of drug-likeness (QED) is 0.802. The first-order valence-corrected chi connectivity index (χ1v) is 9.14. The average Bonchev–Trinajstić information content (AvgIpc) is 2.41. The predicted molar refractivity (Wildman–Crippen MR) is 86.0 cm³/mol. The summed E-state index contributed by atoms with van der Waals surface area (Å²) < 4.78 is 23.0. The maximum Gasteiger partial charge on any atom is 0.150 e. The molecule has 0 aliphatic carbocycles. The van der Waals surface area contributed by atoms with Gasteiger partial charge in [-0.25, -0.2) is 8.42 Å². The highest BCUT2D eigenvalue weighted by molar-refractivity contribution is 7.91. The molecule has 20 heavy (non-hydrogen) atoms. The molecule has 3 nitrogen and oxygen atoms in total. The summed E-state index contributed by atoms with van der Waals surface area (Å²) in [5.74, 6) is 0.544. The molecule has 1 aromatic carbocycles. The number of hydrogen-bond acceptors (Lipinski definition) is 3. The molecule has 1 aromatic rings. The highest BCUT2D eigenvalue weighted by atomic mass is 32.2. The Labute approximate surface area is 123 Å². The van der Waals surface area contributed by atoms with Crippen LogP contribution in [0.3, 0.4) is 0 Å². The number of aryl methyl sites for hydroxylation is 2. The van der Waals surface area contributed by atoms with E-state index in [9.17, 15) is 8.42 Å². The monoisotopic (exact) mass is 297 g/mol. The molecule has 114 valence electrons. The van der Waals surface area contributed by atoms with Crippen molar-refractivity contribution in [2.45, 2.75) is 46.1 Å². The summed E-state index contributed by atoms with van der Waals surface area (Å²) in [6.07, 6.45) is 2.58. The van der Waals surface area contributed by atoms with Gasteiger partial charge in [-0.15, -0.1) is 0 Å². The zero-order valence-corrected chi connectivity index (χ0v) is 13.9. The second-order valence-corrected chi connectivity index (χ2v) is 7.97. The first-order chi connectivity index (χ1) is 9.38. The van der Waals surface area contributed by atoms with Crippen molar-refractivity contribution >= 4 is 9.84 Å². The highest BCUT2D eigenvalue weighted by Gasteiger charge is 2.12. The summed E-state index contributed by atoms with van der Waals surface area (Å²) in [7, 11) is -0.890. The second-order valence-electron chi connectivity index (χ2n) is 5.50. The lowest BCUT2D eigenvalue weighted by atomic mass is 9.97. The minimum atomic E-state index is -2.84. The number of hydrogen-bond donors (Lipinski definition) is 1. The van der Waals surface area contributed by atoms with Crippen molar-refractivity contribution in [3.63, 3.8) is 0 Å². The van der Waals surface area contributed by atoms with Crippen LogP contribution in [0.5, 0.6) is 0 Å². The van der Waals surface area contributed by atoms with E-state index >= 15 is 0 Å². The van der Waals surface area contributed by atoms with Gasteiger partial charge in [-0.05, 0) is 51.3 Å². The number of benzene rings is 1. The van der Waals surface area contributed by atoms with Gasteiger partial charge in [-0.3, -0.25) is 0 Å². The van der Waals surface area contributed by atoms with Gasteiger partial charge in [-0.1, -0.05) is 30.7 Å². The molecule has 0 fully saturated rings. The molecule has 0 aliphatic rings. The van der Waals surface area contributed by atoms with Crippen molar-refractivity contribution < 1.29 is 8.42 Å². The molecule has 0 saturated carbocycles. The molecule has 0 aliphatic heterocycles. The Morgan fingerprint density at radius 3 is 2.55 bits per heavy atom. The number of sulfone groups is 1. The fraction of sp³-hybridized carbons (Fsp3) is 0.625. The van der Waals surface area contributed by atoms with E-state index in [-0.39, 0.29) is 5.75 Å². The van der Waals surface area contributed by atoms with Crippen molar-refractivity contribution in [1.82, 2.24) is 5.32 Å². The first-order valence-electron chi connectivity index (χ1n) is 7.31.